The Kier molecular flexibility index (Phi) is 22.4. The molecule has 0 heterocycles. The number of benzene rings is 3. The van der Waals surface area contributed by atoms with Gasteiger partial charge in [0.05, 0.1) is 11.9 Å². The zero-order chi connectivity index (χ0) is 29.3. The van der Waals surface area contributed by atoms with Crippen molar-refractivity contribution in [3.8, 4) is 0 Å². The van der Waals surface area contributed by atoms with Crippen molar-refractivity contribution in [1.29, 1.82) is 0 Å². The quantitative estimate of drug-likeness (QED) is 0.287. The van der Waals surface area contributed by atoms with Crippen molar-refractivity contribution < 1.29 is 19.8 Å². The number of rotatable bonds is 4. The Bertz CT molecular complexity index is 1080. The first-order chi connectivity index (χ1) is 19.4. The Morgan fingerprint density at radius 2 is 0.878 bits per heavy atom. The molecule has 2 aliphatic carbocycles. The molecule has 0 spiro atoms. The summed E-state index contributed by atoms with van der Waals surface area (Å²) in [5.74, 6) is -2.26. The van der Waals surface area contributed by atoms with Gasteiger partial charge in [0.1, 0.15) is 0 Å². The van der Waals surface area contributed by atoms with Gasteiger partial charge >= 0.3 is 0 Å². The van der Waals surface area contributed by atoms with Gasteiger partial charge in [-0.2, -0.15) is 0 Å². The maximum Gasteiger partial charge on any atom is 0.0645 e. The van der Waals surface area contributed by atoms with Crippen LogP contribution in [0.25, 0.3) is 0 Å². The van der Waals surface area contributed by atoms with E-state index < -0.39 is 11.9 Å². The van der Waals surface area contributed by atoms with E-state index in [4.69, 9.17) is 0 Å². The number of carbonyl (C=O) groups excluding carboxylic acids is 2. The summed E-state index contributed by atoms with van der Waals surface area (Å²) < 4.78 is 0. The van der Waals surface area contributed by atoms with Crippen LogP contribution in [0.1, 0.15) is 26.7 Å². The summed E-state index contributed by atoms with van der Waals surface area (Å²) in [6.07, 6.45) is 15.5. The third-order valence-electron chi connectivity index (χ3n) is 5.05. The fourth-order valence-electron chi connectivity index (χ4n) is 3.04. The molecule has 4 nitrogen and oxygen atoms in total. The second-order valence-electron chi connectivity index (χ2n) is 8.17. The number of carboxylic acid groups (broad SMARTS) is 2. The summed E-state index contributed by atoms with van der Waals surface area (Å²) in [6, 6.07) is 37.5. The molecule has 5 heteroatoms. The van der Waals surface area contributed by atoms with E-state index in [2.05, 4.69) is 18.2 Å². The van der Waals surface area contributed by atoms with E-state index in [0.29, 0.717) is 0 Å². The summed E-state index contributed by atoms with van der Waals surface area (Å²) in [4.78, 5) is 20.3. The van der Waals surface area contributed by atoms with Gasteiger partial charge in [0.25, 0.3) is 0 Å². The number of allylic oxidation sites excluding steroid dienone is 10. The van der Waals surface area contributed by atoms with Gasteiger partial charge in [0.2, 0.25) is 0 Å². The van der Waals surface area contributed by atoms with E-state index in [1.165, 1.54) is 0 Å². The van der Waals surface area contributed by atoms with E-state index in [0.717, 1.165) is 47.3 Å². The van der Waals surface area contributed by atoms with Gasteiger partial charge in [-0.05, 0) is 79.3 Å². The fraction of sp³-hybridized carbons (Fsp3) is 0.111. The van der Waals surface area contributed by atoms with Crippen LogP contribution in [-0.2, 0) is 9.59 Å². The van der Waals surface area contributed by atoms with Crippen molar-refractivity contribution in [2.75, 3.05) is 0 Å². The molecule has 0 aromatic heterocycles. The second-order valence-corrected chi connectivity index (χ2v) is 8.17. The number of carboxylic acids is 2. The number of hydrogen-bond donors (Lipinski definition) is 0. The van der Waals surface area contributed by atoms with Crippen LogP contribution in [0.4, 0.5) is 0 Å². The fourth-order valence-corrected chi connectivity index (χ4v) is 3.04. The summed E-state index contributed by atoms with van der Waals surface area (Å²) in [5, 5.41) is 20.3. The molecule has 0 N–H and O–H groups in total. The minimum atomic E-state index is -1.13. The molecule has 0 saturated carbocycles. The van der Waals surface area contributed by atoms with Gasteiger partial charge in [0.15, 0.2) is 0 Å². The zero-order valence-electron chi connectivity index (χ0n) is 23.3. The van der Waals surface area contributed by atoms with Crippen LogP contribution in [0.3, 0.4) is 0 Å². The molecule has 0 bridgehead atoms. The molecule has 0 atom stereocenters. The average molecular weight is 651 g/mol. The van der Waals surface area contributed by atoms with Crippen molar-refractivity contribution in [2.24, 2.45) is 0 Å². The molecule has 5 rings (SSSR count). The number of carbonyl (C=O) groups is 2. The van der Waals surface area contributed by atoms with Crippen LogP contribution in [0.2, 0.25) is 0 Å². The van der Waals surface area contributed by atoms with Crippen LogP contribution in [0.5, 0.6) is 0 Å². The molecular weight excluding hydrogens is 618 g/mol. The Hall–Kier alpha value is -4.14. The standard InChI is InChI=1S/2C9H10O2.3C6H5.Sb/c2*1-7(6-9(10)11)8-4-2-3-5-8;3*1-2-4-6-5-3-1;/h2*2-4,6H,5H2,1H3,(H,10,11);3*1-5H;/p-2/b2*7-6-;;;;. The smallest absolute Gasteiger partial charge is 0.0645 e. The first kappa shape index (κ1) is 36.9. The Labute approximate surface area is 261 Å². The molecule has 0 fully saturated rings. The second kappa shape index (κ2) is 24.9. The van der Waals surface area contributed by atoms with Crippen molar-refractivity contribution >= 4 is 36.4 Å². The largest absolute Gasteiger partial charge is 0.545 e. The monoisotopic (exact) mass is 650 g/mol. The van der Waals surface area contributed by atoms with Gasteiger partial charge in [0, 0.05) is 24.4 Å². The van der Waals surface area contributed by atoms with E-state index in [1.807, 2.05) is 127 Å². The molecule has 3 aromatic carbocycles. The Balaban J connectivity index is 0.000000499. The Morgan fingerprint density at radius 3 is 1.02 bits per heavy atom. The van der Waals surface area contributed by atoms with Crippen molar-refractivity contribution in [1.82, 2.24) is 0 Å². The maximum absolute atomic E-state index is 10.1. The summed E-state index contributed by atoms with van der Waals surface area (Å²) in [6.45, 7) is 3.54. The molecule has 0 aliphatic heterocycles. The van der Waals surface area contributed by atoms with Crippen molar-refractivity contribution in [3.05, 3.63) is 180 Å². The molecule has 2 aliphatic rings. The predicted octanol–water partition coefficient (Wildman–Crippen LogP) is 5.22. The molecule has 0 unspecified atom stereocenters. The minimum Gasteiger partial charge on any atom is -0.545 e. The number of hydrogen-bond acceptors (Lipinski definition) is 4. The van der Waals surface area contributed by atoms with E-state index in [1.54, 1.807) is 13.8 Å². The molecule has 208 valence electrons. The molecule has 41 heavy (non-hydrogen) atoms. The summed E-state index contributed by atoms with van der Waals surface area (Å²) >= 11 is 0. The minimum absolute atomic E-state index is 0. The van der Waals surface area contributed by atoms with Crippen LogP contribution >= 0.6 is 0 Å². The maximum atomic E-state index is 10.1. The summed E-state index contributed by atoms with van der Waals surface area (Å²) in [7, 11) is 0. The summed E-state index contributed by atoms with van der Waals surface area (Å²) in [5.41, 5.74) is 3.65. The number of aliphatic carboxylic acids is 2. The first-order valence-electron chi connectivity index (χ1n) is 12.6. The van der Waals surface area contributed by atoms with E-state index >= 15 is 0 Å². The first-order valence-corrected chi connectivity index (χ1v) is 12.6. The topological polar surface area (TPSA) is 80.3 Å². The molecule has 0 amide bonds. The predicted molar refractivity (Wildman–Crippen MR) is 163 cm³/mol. The SMILES string of the molecule is C/C(=C/C(=O)[O-])C1=CC=CC1.C/C(=C/C(=O)[O-])C1=CC=CC1.[Sb].[c]1ccccc1.[c]1ccccc1.[c]1ccccc1. The zero-order valence-corrected chi connectivity index (χ0v) is 25.8. The van der Waals surface area contributed by atoms with Crippen molar-refractivity contribution in [2.45, 2.75) is 26.7 Å². The molecule has 0 saturated heterocycles. The molecule has 3 aromatic rings. The molecule has 6 radical (unpaired) electrons. The average Bonchev–Trinajstić information content (AvgIpc) is 3.72. The van der Waals surface area contributed by atoms with Gasteiger partial charge in [-0.15, -0.1) is 0 Å². The van der Waals surface area contributed by atoms with Crippen LogP contribution in [0, 0.1) is 18.2 Å². The van der Waals surface area contributed by atoms with Crippen LogP contribution in [0.15, 0.2) is 162 Å². The van der Waals surface area contributed by atoms with Crippen molar-refractivity contribution in [3.63, 3.8) is 0 Å². The van der Waals surface area contributed by atoms with Gasteiger partial charge in [-0.25, -0.2) is 0 Å². The van der Waals surface area contributed by atoms with Gasteiger partial charge in [-0.3, -0.25) is 0 Å². The van der Waals surface area contributed by atoms with Gasteiger partial charge < -0.3 is 19.8 Å². The van der Waals surface area contributed by atoms with E-state index in [9.17, 15) is 19.8 Å². The van der Waals surface area contributed by atoms with Gasteiger partial charge in [-0.1, -0.05) is 127 Å². The third kappa shape index (κ3) is 21.4. The molecular formula is C36H33O4Sb-2. The normalized spacial score (nSPS) is 12.5. The van der Waals surface area contributed by atoms with E-state index in [-0.39, 0.29) is 24.4 Å². The van der Waals surface area contributed by atoms with Crippen LogP contribution < -0.4 is 10.2 Å². The van der Waals surface area contributed by atoms with Crippen LogP contribution in [-0.4, -0.2) is 36.4 Å². The third-order valence-corrected chi connectivity index (χ3v) is 5.05. The Morgan fingerprint density at radius 1 is 0.585 bits per heavy atom.